The molecular formula is C10H28O3Si4. The standard InChI is InChI=1S/C8H22O3Si4.C2H6/c1-7-13(10)8-15(6,12(2)9)11-14(3,4)5;1-2/h7-8H2,1-6H3;1-2H3. The van der Waals surface area contributed by atoms with Crippen LogP contribution in [0.4, 0.5) is 0 Å². The highest BCUT2D eigenvalue weighted by Gasteiger charge is 2.42. The molecule has 1 unspecified atom stereocenters. The fraction of sp³-hybridized carbons (Fsp3) is 1.00. The van der Waals surface area contributed by atoms with E-state index < -0.39 is 33.0 Å². The van der Waals surface area contributed by atoms with Crippen LogP contribution in [0.1, 0.15) is 20.8 Å². The van der Waals surface area contributed by atoms with Crippen LogP contribution in [0.5, 0.6) is 0 Å². The highest BCUT2D eigenvalue weighted by molar-refractivity contribution is 7.27. The van der Waals surface area contributed by atoms with E-state index in [1.807, 2.05) is 27.3 Å². The molecule has 1 atom stereocenters. The maximum Gasteiger partial charge on any atom is 0.285 e. The van der Waals surface area contributed by atoms with E-state index >= 15 is 0 Å². The Morgan fingerprint density at radius 3 is 1.71 bits per heavy atom. The molecule has 0 heterocycles. The maximum atomic E-state index is 11.8. The first-order valence-electron chi connectivity index (χ1n) is 6.33. The van der Waals surface area contributed by atoms with Crippen LogP contribution in [-0.2, 0) is 13.0 Å². The summed E-state index contributed by atoms with van der Waals surface area (Å²) in [6, 6.07) is 0.706. The molecule has 0 N–H and O–H groups in total. The summed E-state index contributed by atoms with van der Waals surface area (Å²) in [7, 11) is -7.13. The molecule has 0 spiro atoms. The van der Waals surface area contributed by atoms with Crippen molar-refractivity contribution in [3.05, 3.63) is 0 Å². The Kier molecular flexibility index (Phi) is 9.90. The summed E-state index contributed by atoms with van der Waals surface area (Å²) < 4.78 is 29.6. The molecule has 0 bridgehead atoms. The lowest BCUT2D eigenvalue weighted by molar-refractivity contribution is 0.532. The fourth-order valence-electron chi connectivity index (χ4n) is 1.41. The van der Waals surface area contributed by atoms with Crippen LogP contribution in [0.25, 0.3) is 0 Å². The zero-order valence-corrected chi connectivity index (χ0v) is 16.6. The Morgan fingerprint density at radius 1 is 1.06 bits per heavy atom. The van der Waals surface area contributed by atoms with Crippen LogP contribution in [0, 0.1) is 0 Å². The smallest absolute Gasteiger partial charge is 0.285 e. The molecule has 7 heteroatoms. The molecule has 0 saturated heterocycles. The third-order valence-electron chi connectivity index (χ3n) is 2.21. The summed E-state index contributed by atoms with van der Waals surface area (Å²) >= 11 is 0. The molecule has 0 saturated carbocycles. The lowest BCUT2D eigenvalue weighted by Crippen LogP contribution is -2.52. The van der Waals surface area contributed by atoms with E-state index in [1.165, 1.54) is 0 Å². The second-order valence-corrected chi connectivity index (χ2v) is 22.2. The average molecular weight is 309 g/mol. The molecule has 17 heavy (non-hydrogen) atoms. The summed E-state index contributed by atoms with van der Waals surface area (Å²) in [6.07, 6.45) is 0. The molecule has 0 aromatic rings. The molecule has 0 aromatic carbocycles. The Labute approximate surface area is 111 Å². The van der Waals surface area contributed by atoms with Crippen LogP contribution in [0.15, 0.2) is 0 Å². The maximum absolute atomic E-state index is 11.8. The molecule has 0 fully saturated rings. The zero-order chi connectivity index (χ0) is 14.3. The summed E-state index contributed by atoms with van der Waals surface area (Å²) in [6.45, 7) is 16.0. The van der Waals surface area contributed by atoms with Crippen LogP contribution in [0.2, 0.25) is 44.4 Å². The zero-order valence-electron chi connectivity index (χ0n) is 12.6. The van der Waals surface area contributed by atoms with Crippen molar-refractivity contribution in [3.8, 4) is 0 Å². The average Bonchev–Trinajstić information content (AvgIpc) is 2.17. The molecule has 3 nitrogen and oxygen atoms in total. The SMILES string of the molecule is CC.CC[Si](=O)C[Si](C)(O[Si](C)(C)C)[Si](C)=O. The first-order chi connectivity index (χ1) is 7.60. The lowest BCUT2D eigenvalue weighted by atomic mass is 11.0. The Morgan fingerprint density at radius 2 is 1.47 bits per heavy atom. The van der Waals surface area contributed by atoms with Crippen molar-refractivity contribution in [2.24, 2.45) is 0 Å². The van der Waals surface area contributed by atoms with Gasteiger partial charge in [-0.25, -0.2) is 0 Å². The monoisotopic (exact) mass is 308 g/mol. The minimum atomic E-state index is -2.21. The van der Waals surface area contributed by atoms with Gasteiger partial charge >= 0.3 is 0 Å². The largest absolute Gasteiger partial charge is 0.453 e. The fourth-order valence-corrected chi connectivity index (χ4v) is 21.4. The van der Waals surface area contributed by atoms with Gasteiger partial charge in [0.15, 0.2) is 8.32 Å². The van der Waals surface area contributed by atoms with Crippen molar-refractivity contribution in [1.29, 1.82) is 0 Å². The topological polar surface area (TPSA) is 43.4 Å². The van der Waals surface area contributed by atoms with E-state index in [-0.39, 0.29) is 0 Å². The van der Waals surface area contributed by atoms with E-state index in [4.69, 9.17) is 4.12 Å². The Bertz CT molecular complexity index is 263. The van der Waals surface area contributed by atoms with Crippen molar-refractivity contribution in [2.45, 2.75) is 65.2 Å². The van der Waals surface area contributed by atoms with E-state index in [0.29, 0.717) is 11.7 Å². The minimum Gasteiger partial charge on any atom is -0.453 e. The summed E-state index contributed by atoms with van der Waals surface area (Å²) in [5, 5.41) is 0. The van der Waals surface area contributed by atoms with Gasteiger partial charge in [0, 0.05) is 5.67 Å². The molecule has 0 aromatic heterocycles. The molecule has 0 amide bonds. The van der Waals surface area contributed by atoms with E-state index in [1.54, 1.807) is 6.55 Å². The Balaban J connectivity index is 0. The van der Waals surface area contributed by atoms with Gasteiger partial charge in [-0.2, -0.15) is 0 Å². The van der Waals surface area contributed by atoms with Crippen molar-refractivity contribution in [2.75, 3.05) is 0 Å². The van der Waals surface area contributed by atoms with Gasteiger partial charge in [-0.15, -0.1) is 0 Å². The van der Waals surface area contributed by atoms with Crippen LogP contribution < -0.4 is 0 Å². The predicted octanol–water partition coefficient (Wildman–Crippen LogP) is 3.55. The lowest BCUT2D eigenvalue weighted by Gasteiger charge is -2.31. The van der Waals surface area contributed by atoms with Crippen molar-refractivity contribution in [1.82, 2.24) is 0 Å². The third-order valence-corrected chi connectivity index (χ3v) is 20.0. The van der Waals surface area contributed by atoms with Gasteiger partial charge in [0.1, 0.15) is 0 Å². The quantitative estimate of drug-likeness (QED) is 0.705. The third kappa shape index (κ3) is 9.06. The van der Waals surface area contributed by atoms with E-state index in [0.717, 1.165) is 0 Å². The summed E-state index contributed by atoms with van der Waals surface area (Å²) in [5.41, 5.74) is 0.604. The van der Waals surface area contributed by atoms with Crippen molar-refractivity contribution in [3.63, 3.8) is 0 Å². The van der Waals surface area contributed by atoms with Gasteiger partial charge in [-0.05, 0) is 38.8 Å². The molecule has 0 aliphatic rings. The van der Waals surface area contributed by atoms with Gasteiger partial charge in [-0.1, -0.05) is 20.8 Å². The van der Waals surface area contributed by atoms with Crippen LogP contribution in [-0.4, -0.2) is 33.0 Å². The molecule has 0 aliphatic carbocycles. The normalized spacial score (nSPS) is 14.4. The highest BCUT2D eigenvalue weighted by Crippen LogP contribution is 2.19. The molecular weight excluding hydrogens is 280 g/mol. The van der Waals surface area contributed by atoms with Crippen LogP contribution in [0.3, 0.4) is 0 Å². The van der Waals surface area contributed by atoms with Crippen LogP contribution >= 0.6 is 0 Å². The van der Waals surface area contributed by atoms with Gasteiger partial charge in [0.2, 0.25) is 7.83 Å². The van der Waals surface area contributed by atoms with Gasteiger partial charge in [0.25, 0.3) is 16.9 Å². The van der Waals surface area contributed by atoms with Gasteiger partial charge in [-0.3, -0.25) is 0 Å². The first-order valence-corrected chi connectivity index (χ1v) is 17.1. The highest BCUT2D eigenvalue weighted by atomic mass is 29.2. The Hall–Kier alpha value is 0.428. The molecule has 0 aliphatic heterocycles. The number of rotatable bonds is 6. The van der Waals surface area contributed by atoms with E-state index in [9.17, 15) is 8.92 Å². The second kappa shape index (κ2) is 8.52. The van der Waals surface area contributed by atoms with Gasteiger partial charge < -0.3 is 13.0 Å². The number of hydrogen-bond acceptors (Lipinski definition) is 3. The van der Waals surface area contributed by atoms with E-state index in [2.05, 4.69) is 19.6 Å². The molecule has 0 radical (unpaired) electrons. The number of hydrogen-bond donors (Lipinski definition) is 0. The summed E-state index contributed by atoms with van der Waals surface area (Å²) in [4.78, 5) is 0. The predicted molar refractivity (Wildman–Crippen MR) is 81.4 cm³/mol. The molecule has 102 valence electrons. The van der Waals surface area contributed by atoms with Crippen molar-refractivity contribution >= 4 is 33.0 Å². The van der Waals surface area contributed by atoms with Crippen molar-refractivity contribution < 1.29 is 13.0 Å². The first kappa shape index (κ1) is 19.8. The minimum absolute atomic E-state index is 0.604. The summed E-state index contributed by atoms with van der Waals surface area (Å²) in [5.74, 6) is 0. The van der Waals surface area contributed by atoms with Gasteiger partial charge in [0.05, 0.1) is 0 Å². The molecule has 0 rings (SSSR count). The second-order valence-electron chi connectivity index (χ2n) is 5.07.